The molecular formula is C21H24N4O2. The van der Waals surface area contributed by atoms with Crippen molar-refractivity contribution < 1.29 is 9.84 Å². The highest BCUT2D eigenvalue weighted by Crippen LogP contribution is 2.25. The first-order chi connectivity index (χ1) is 13.3. The van der Waals surface area contributed by atoms with E-state index in [0.29, 0.717) is 6.61 Å². The highest BCUT2D eigenvalue weighted by Gasteiger charge is 2.20. The average Bonchev–Trinajstić information content (AvgIpc) is 2.73. The second kappa shape index (κ2) is 8.33. The lowest BCUT2D eigenvalue weighted by molar-refractivity contribution is 0.196. The number of rotatable bonds is 6. The molecule has 1 saturated heterocycles. The van der Waals surface area contributed by atoms with Gasteiger partial charge in [0.15, 0.2) is 0 Å². The predicted molar refractivity (Wildman–Crippen MR) is 106 cm³/mol. The van der Waals surface area contributed by atoms with Crippen molar-refractivity contribution in [3.05, 3.63) is 60.4 Å². The Labute approximate surface area is 159 Å². The van der Waals surface area contributed by atoms with E-state index in [2.05, 4.69) is 31.9 Å². The van der Waals surface area contributed by atoms with Crippen LogP contribution in [0.3, 0.4) is 0 Å². The highest BCUT2D eigenvalue weighted by molar-refractivity contribution is 5.89. The lowest BCUT2D eigenvalue weighted by Gasteiger charge is -2.36. The topological polar surface area (TPSA) is 61.7 Å². The van der Waals surface area contributed by atoms with Crippen LogP contribution in [0.5, 0.6) is 5.75 Å². The highest BCUT2D eigenvalue weighted by atomic mass is 16.5. The lowest BCUT2D eigenvalue weighted by atomic mass is 10.1. The maximum Gasteiger partial charge on any atom is 0.139 e. The number of para-hydroxylation sites is 2. The Kier molecular flexibility index (Phi) is 5.46. The average molecular weight is 364 g/mol. The molecule has 27 heavy (non-hydrogen) atoms. The molecule has 1 aliphatic rings. The molecule has 6 nitrogen and oxygen atoms in total. The third-order valence-electron chi connectivity index (χ3n) is 4.91. The second-order valence-corrected chi connectivity index (χ2v) is 6.66. The van der Waals surface area contributed by atoms with Gasteiger partial charge < -0.3 is 14.7 Å². The van der Waals surface area contributed by atoms with Gasteiger partial charge in [-0.3, -0.25) is 4.90 Å². The summed E-state index contributed by atoms with van der Waals surface area (Å²) in [6.45, 7) is 4.99. The van der Waals surface area contributed by atoms with Crippen molar-refractivity contribution in [2.45, 2.75) is 6.54 Å². The van der Waals surface area contributed by atoms with E-state index in [1.165, 1.54) is 0 Å². The summed E-state index contributed by atoms with van der Waals surface area (Å²) in [6, 6.07) is 16.2. The molecule has 6 heteroatoms. The number of piperazine rings is 1. The van der Waals surface area contributed by atoms with Crippen molar-refractivity contribution in [3.8, 4) is 5.75 Å². The number of ether oxygens (including phenoxy) is 1. The number of fused-ring (bicyclic) bond motifs is 1. The van der Waals surface area contributed by atoms with E-state index in [9.17, 15) is 0 Å². The molecule has 2 aromatic carbocycles. The number of aliphatic hydroxyl groups excluding tert-OH is 1. The molecule has 0 unspecified atom stereocenters. The summed E-state index contributed by atoms with van der Waals surface area (Å²) in [5.41, 5.74) is 2.15. The molecule has 0 aliphatic carbocycles. The van der Waals surface area contributed by atoms with E-state index in [1.54, 1.807) is 6.33 Å². The van der Waals surface area contributed by atoms with Gasteiger partial charge in [0, 0.05) is 43.7 Å². The maximum atomic E-state index is 9.00. The Balaban J connectivity index is 1.42. The van der Waals surface area contributed by atoms with Crippen LogP contribution < -0.4 is 9.64 Å². The summed E-state index contributed by atoms with van der Waals surface area (Å²) in [7, 11) is 0. The van der Waals surface area contributed by atoms with Gasteiger partial charge in [-0.1, -0.05) is 30.3 Å². The van der Waals surface area contributed by atoms with Gasteiger partial charge in [0.1, 0.15) is 24.5 Å². The second-order valence-electron chi connectivity index (χ2n) is 6.66. The number of aromatic nitrogens is 2. The molecular weight excluding hydrogens is 340 g/mol. The quantitative estimate of drug-likeness (QED) is 0.724. The largest absolute Gasteiger partial charge is 0.491 e. The monoisotopic (exact) mass is 364 g/mol. The molecule has 1 aliphatic heterocycles. The number of hydrogen-bond acceptors (Lipinski definition) is 6. The number of hydrogen-bond donors (Lipinski definition) is 1. The van der Waals surface area contributed by atoms with Crippen LogP contribution in [0, 0.1) is 0 Å². The Morgan fingerprint density at radius 2 is 1.70 bits per heavy atom. The van der Waals surface area contributed by atoms with Crippen molar-refractivity contribution in [3.63, 3.8) is 0 Å². The Hall–Kier alpha value is -2.70. The molecule has 2 heterocycles. The predicted octanol–water partition coefficient (Wildman–Crippen LogP) is 2.32. The van der Waals surface area contributed by atoms with E-state index in [1.807, 2.05) is 36.4 Å². The summed E-state index contributed by atoms with van der Waals surface area (Å²) in [4.78, 5) is 13.7. The Morgan fingerprint density at radius 3 is 2.56 bits per heavy atom. The van der Waals surface area contributed by atoms with Crippen molar-refractivity contribution in [2.75, 3.05) is 44.3 Å². The third kappa shape index (κ3) is 4.02. The molecule has 0 bridgehead atoms. The van der Waals surface area contributed by atoms with Gasteiger partial charge in [0.2, 0.25) is 0 Å². The van der Waals surface area contributed by atoms with Gasteiger partial charge in [0.05, 0.1) is 12.1 Å². The molecule has 0 saturated carbocycles. The van der Waals surface area contributed by atoms with E-state index in [0.717, 1.165) is 60.8 Å². The van der Waals surface area contributed by atoms with E-state index < -0.39 is 0 Å². The molecule has 0 amide bonds. The van der Waals surface area contributed by atoms with Crippen LogP contribution in [0.15, 0.2) is 54.9 Å². The van der Waals surface area contributed by atoms with Crippen molar-refractivity contribution in [1.82, 2.24) is 14.9 Å². The molecule has 0 radical (unpaired) electrons. The molecule has 0 atom stereocenters. The summed E-state index contributed by atoms with van der Waals surface area (Å²) < 4.78 is 5.66. The smallest absolute Gasteiger partial charge is 0.139 e. The molecule has 4 rings (SSSR count). The molecule has 0 spiro atoms. The van der Waals surface area contributed by atoms with E-state index in [4.69, 9.17) is 9.84 Å². The fraction of sp³-hybridized carbons (Fsp3) is 0.333. The van der Waals surface area contributed by atoms with Crippen LogP contribution in [0.4, 0.5) is 5.82 Å². The van der Waals surface area contributed by atoms with E-state index >= 15 is 0 Å². The molecule has 140 valence electrons. The summed E-state index contributed by atoms with van der Waals surface area (Å²) in [5, 5.41) is 10.1. The first-order valence-electron chi connectivity index (χ1n) is 9.34. The minimum atomic E-state index is 0.0277. The Morgan fingerprint density at radius 1 is 0.926 bits per heavy atom. The first kappa shape index (κ1) is 17.7. The van der Waals surface area contributed by atoms with Gasteiger partial charge in [-0.25, -0.2) is 9.97 Å². The number of aliphatic hydroxyl groups is 1. The summed E-state index contributed by atoms with van der Waals surface area (Å²) in [6.07, 6.45) is 1.65. The first-order valence-corrected chi connectivity index (χ1v) is 9.34. The van der Waals surface area contributed by atoms with Gasteiger partial charge >= 0.3 is 0 Å². The zero-order chi connectivity index (χ0) is 18.5. The normalized spacial score (nSPS) is 15.2. The summed E-state index contributed by atoms with van der Waals surface area (Å²) >= 11 is 0. The van der Waals surface area contributed by atoms with Crippen LogP contribution in [-0.4, -0.2) is 59.4 Å². The molecule has 1 aromatic heterocycles. The minimum absolute atomic E-state index is 0.0277. The zero-order valence-electron chi connectivity index (χ0n) is 15.3. The van der Waals surface area contributed by atoms with Crippen molar-refractivity contribution in [2.24, 2.45) is 0 Å². The van der Waals surface area contributed by atoms with Gasteiger partial charge in [-0.15, -0.1) is 0 Å². The maximum absolute atomic E-state index is 9.00. The number of benzene rings is 2. The van der Waals surface area contributed by atoms with Crippen LogP contribution in [-0.2, 0) is 6.54 Å². The van der Waals surface area contributed by atoms with Gasteiger partial charge in [-0.05, 0) is 18.2 Å². The zero-order valence-corrected chi connectivity index (χ0v) is 15.3. The third-order valence-corrected chi connectivity index (χ3v) is 4.91. The van der Waals surface area contributed by atoms with Crippen LogP contribution in [0.2, 0.25) is 0 Å². The van der Waals surface area contributed by atoms with Crippen molar-refractivity contribution in [1.29, 1.82) is 0 Å². The summed E-state index contributed by atoms with van der Waals surface area (Å²) in [5.74, 6) is 1.88. The van der Waals surface area contributed by atoms with Crippen molar-refractivity contribution >= 4 is 16.7 Å². The fourth-order valence-corrected chi connectivity index (χ4v) is 3.53. The van der Waals surface area contributed by atoms with Gasteiger partial charge in [-0.2, -0.15) is 0 Å². The molecule has 1 N–H and O–H groups in total. The van der Waals surface area contributed by atoms with Crippen LogP contribution in [0.25, 0.3) is 10.9 Å². The van der Waals surface area contributed by atoms with E-state index in [-0.39, 0.29) is 6.61 Å². The number of anilines is 1. The lowest BCUT2D eigenvalue weighted by Crippen LogP contribution is -2.46. The molecule has 3 aromatic rings. The SMILES string of the molecule is OCCOc1ccccc1CN1CCN(c2ncnc3ccccc23)CC1. The standard InChI is InChI=1S/C21H24N4O2/c26-13-14-27-20-8-4-1-5-17(20)15-24-9-11-25(12-10-24)21-18-6-2-3-7-19(18)22-16-23-21/h1-8,16,26H,9-15H2. The van der Waals surface area contributed by atoms with Crippen LogP contribution in [0.1, 0.15) is 5.56 Å². The number of nitrogens with zero attached hydrogens (tertiary/aromatic N) is 4. The molecule has 1 fully saturated rings. The van der Waals surface area contributed by atoms with Crippen LogP contribution >= 0.6 is 0 Å². The Bertz CT molecular complexity index is 889. The minimum Gasteiger partial charge on any atom is -0.491 e. The fourth-order valence-electron chi connectivity index (χ4n) is 3.53. The van der Waals surface area contributed by atoms with Gasteiger partial charge in [0.25, 0.3) is 0 Å².